The van der Waals surface area contributed by atoms with E-state index in [2.05, 4.69) is 10.6 Å². The molecule has 1 aliphatic rings. The molecule has 7 heteroatoms. The number of anilines is 1. The smallest absolute Gasteiger partial charge is 0.381 e. The maximum Gasteiger partial charge on any atom is 0.418 e. The minimum absolute atomic E-state index is 0.241. The fourth-order valence-electron chi connectivity index (χ4n) is 2.19. The lowest BCUT2D eigenvalue weighted by atomic mass is 10.0. The molecule has 1 heterocycles. The molecule has 0 spiro atoms. The number of benzene rings is 1. The summed E-state index contributed by atoms with van der Waals surface area (Å²) in [7, 11) is 0. The van der Waals surface area contributed by atoms with Crippen LogP contribution in [0.2, 0.25) is 0 Å². The van der Waals surface area contributed by atoms with Gasteiger partial charge in [0, 0.05) is 19.8 Å². The van der Waals surface area contributed by atoms with Gasteiger partial charge in [0.25, 0.3) is 0 Å². The molecule has 0 aromatic heterocycles. The standard InChI is InChI=1S/C14H17F3N2O2/c15-14(16,17)11-3-1-2-4-12(11)19-13(20)18-9-10-5-7-21-8-6-10/h1-4,10H,5-9H2,(H2,18,19,20). The highest BCUT2D eigenvalue weighted by molar-refractivity contribution is 5.90. The van der Waals surface area contributed by atoms with Crippen molar-refractivity contribution in [2.75, 3.05) is 25.1 Å². The number of halogens is 3. The van der Waals surface area contributed by atoms with Crippen molar-refractivity contribution in [1.82, 2.24) is 5.32 Å². The Bertz CT molecular complexity index is 485. The van der Waals surface area contributed by atoms with E-state index in [4.69, 9.17) is 4.74 Å². The minimum atomic E-state index is -4.50. The maximum atomic E-state index is 12.8. The van der Waals surface area contributed by atoms with E-state index in [1.165, 1.54) is 18.2 Å². The van der Waals surface area contributed by atoms with Gasteiger partial charge in [-0.1, -0.05) is 12.1 Å². The molecule has 0 bridgehead atoms. The number of amides is 2. The van der Waals surface area contributed by atoms with Crippen molar-refractivity contribution in [2.24, 2.45) is 5.92 Å². The van der Waals surface area contributed by atoms with E-state index in [1.54, 1.807) is 0 Å². The van der Waals surface area contributed by atoms with Crippen LogP contribution in [0.1, 0.15) is 18.4 Å². The van der Waals surface area contributed by atoms with Gasteiger partial charge in [0.1, 0.15) is 0 Å². The number of alkyl halides is 3. The van der Waals surface area contributed by atoms with Gasteiger partial charge in [0.05, 0.1) is 11.3 Å². The fraction of sp³-hybridized carbons (Fsp3) is 0.500. The molecule has 1 aliphatic heterocycles. The second-order valence-electron chi connectivity index (χ2n) is 4.93. The van der Waals surface area contributed by atoms with Crippen molar-refractivity contribution in [2.45, 2.75) is 19.0 Å². The average Bonchev–Trinajstić information content (AvgIpc) is 2.46. The number of urea groups is 1. The summed E-state index contributed by atoms with van der Waals surface area (Å²) in [5, 5.41) is 4.86. The second-order valence-corrected chi connectivity index (χ2v) is 4.93. The van der Waals surface area contributed by atoms with Crippen LogP contribution >= 0.6 is 0 Å². The van der Waals surface area contributed by atoms with Gasteiger partial charge in [-0.05, 0) is 30.9 Å². The number of ether oxygens (including phenoxy) is 1. The van der Waals surface area contributed by atoms with Crippen LogP contribution in [0.25, 0.3) is 0 Å². The normalized spacial score (nSPS) is 16.5. The van der Waals surface area contributed by atoms with E-state index < -0.39 is 17.8 Å². The number of carbonyl (C=O) groups excluding carboxylic acids is 1. The van der Waals surface area contributed by atoms with E-state index >= 15 is 0 Å². The zero-order chi connectivity index (χ0) is 15.3. The predicted molar refractivity (Wildman–Crippen MR) is 72.0 cm³/mol. The summed E-state index contributed by atoms with van der Waals surface area (Å²) < 4.78 is 43.6. The van der Waals surface area contributed by atoms with Crippen LogP contribution in [0.15, 0.2) is 24.3 Å². The van der Waals surface area contributed by atoms with Crippen molar-refractivity contribution in [3.8, 4) is 0 Å². The Morgan fingerprint density at radius 2 is 1.90 bits per heavy atom. The van der Waals surface area contributed by atoms with Crippen molar-refractivity contribution >= 4 is 11.7 Å². The van der Waals surface area contributed by atoms with E-state index in [9.17, 15) is 18.0 Å². The largest absolute Gasteiger partial charge is 0.418 e. The third kappa shape index (κ3) is 4.63. The van der Waals surface area contributed by atoms with Crippen LogP contribution in [0.3, 0.4) is 0 Å². The Labute approximate surface area is 120 Å². The lowest BCUT2D eigenvalue weighted by molar-refractivity contribution is -0.136. The summed E-state index contributed by atoms with van der Waals surface area (Å²) in [6.45, 7) is 1.75. The summed E-state index contributed by atoms with van der Waals surface area (Å²) in [6, 6.07) is 4.28. The van der Waals surface area contributed by atoms with Crippen LogP contribution < -0.4 is 10.6 Å². The molecule has 1 saturated heterocycles. The van der Waals surface area contributed by atoms with Gasteiger partial charge in [0.15, 0.2) is 0 Å². The summed E-state index contributed by atoms with van der Waals surface area (Å²) >= 11 is 0. The molecule has 0 saturated carbocycles. The number of rotatable bonds is 3. The van der Waals surface area contributed by atoms with Gasteiger partial charge in [0.2, 0.25) is 0 Å². The quantitative estimate of drug-likeness (QED) is 0.900. The zero-order valence-corrected chi connectivity index (χ0v) is 11.4. The summed E-state index contributed by atoms with van der Waals surface area (Å²) in [4.78, 5) is 11.7. The monoisotopic (exact) mass is 302 g/mol. The van der Waals surface area contributed by atoms with Crippen LogP contribution in [0, 0.1) is 5.92 Å². The Morgan fingerprint density at radius 1 is 1.24 bits per heavy atom. The van der Waals surface area contributed by atoms with Crippen LogP contribution in [0.4, 0.5) is 23.7 Å². The number of carbonyl (C=O) groups is 1. The number of para-hydroxylation sites is 1. The third-order valence-electron chi connectivity index (χ3n) is 3.37. The maximum absolute atomic E-state index is 12.8. The van der Waals surface area contributed by atoms with Crippen LogP contribution in [0.5, 0.6) is 0 Å². The highest BCUT2D eigenvalue weighted by Crippen LogP contribution is 2.34. The molecule has 0 unspecified atom stereocenters. The highest BCUT2D eigenvalue weighted by Gasteiger charge is 2.33. The molecule has 1 fully saturated rings. The Hall–Kier alpha value is -1.76. The first-order valence-corrected chi connectivity index (χ1v) is 6.75. The Kier molecular flexibility index (Phi) is 5.06. The van der Waals surface area contributed by atoms with Crippen molar-refractivity contribution in [1.29, 1.82) is 0 Å². The topological polar surface area (TPSA) is 50.4 Å². The molecule has 21 heavy (non-hydrogen) atoms. The van der Waals surface area contributed by atoms with Gasteiger partial charge in [-0.15, -0.1) is 0 Å². The first kappa shape index (κ1) is 15.6. The summed E-state index contributed by atoms with van der Waals surface area (Å²) in [5.41, 5.74) is -1.10. The van der Waals surface area contributed by atoms with Gasteiger partial charge in [-0.3, -0.25) is 0 Å². The molecule has 0 aliphatic carbocycles. The summed E-state index contributed by atoms with van der Waals surface area (Å²) in [5.74, 6) is 0.308. The molecule has 2 amide bonds. The van der Waals surface area contributed by atoms with Crippen LogP contribution in [-0.2, 0) is 10.9 Å². The van der Waals surface area contributed by atoms with Crippen molar-refractivity contribution < 1.29 is 22.7 Å². The minimum Gasteiger partial charge on any atom is -0.381 e. The zero-order valence-electron chi connectivity index (χ0n) is 11.4. The molecule has 0 atom stereocenters. The molecular formula is C14H17F3N2O2. The Balaban J connectivity index is 1.90. The lowest BCUT2D eigenvalue weighted by Crippen LogP contribution is -2.35. The van der Waals surface area contributed by atoms with E-state index in [-0.39, 0.29) is 5.69 Å². The van der Waals surface area contributed by atoms with Gasteiger partial charge in [-0.2, -0.15) is 13.2 Å². The average molecular weight is 302 g/mol. The number of hydrogen-bond acceptors (Lipinski definition) is 2. The van der Waals surface area contributed by atoms with Gasteiger partial charge in [-0.25, -0.2) is 4.79 Å². The second kappa shape index (κ2) is 6.80. The molecular weight excluding hydrogens is 285 g/mol. The van der Waals surface area contributed by atoms with Gasteiger partial charge >= 0.3 is 12.2 Å². The SMILES string of the molecule is O=C(NCC1CCOCC1)Nc1ccccc1C(F)(F)F. The molecule has 1 aromatic rings. The molecule has 4 nitrogen and oxygen atoms in total. The van der Waals surface area contributed by atoms with Crippen LogP contribution in [-0.4, -0.2) is 25.8 Å². The predicted octanol–water partition coefficient (Wildman–Crippen LogP) is 3.25. The number of nitrogens with one attached hydrogen (secondary N) is 2. The molecule has 2 rings (SSSR count). The van der Waals surface area contributed by atoms with E-state index in [0.717, 1.165) is 18.9 Å². The molecule has 0 radical (unpaired) electrons. The van der Waals surface area contributed by atoms with E-state index in [1.807, 2.05) is 0 Å². The number of hydrogen-bond donors (Lipinski definition) is 2. The Morgan fingerprint density at radius 3 is 2.57 bits per heavy atom. The van der Waals surface area contributed by atoms with Gasteiger partial charge < -0.3 is 15.4 Å². The van der Waals surface area contributed by atoms with Crippen molar-refractivity contribution in [3.63, 3.8) is 0 Å². The molecule has 116 valence electrons. The first-order chi connectivity index (χ1) is 9.97. The third-order valence-corrected chi connectivity index (χ3v) is 3.37. The molecule has 1 aromatic carbocycles. The molecule has 2 N–H and O–H groups in total. The lowest BCUT2D eigenvalue weighted by Gasteiger charge is -2.22. The van der Waals surface area contributed by atoms with E-state index in [0.29, 0.717) is 25.7 Å². The highest BCUT2D eigenvalue weighted by atomic mass is 19.4. The fourth-order valence-corrected chi connectivity index (χ4v) is 2.19. The van der Waals surface area contributed by atoms with Crippen molar-refractivity contribution in [3.05, 3.63) is 29.8 Å². The first-order valence-electron chi connectivity index (χ1n) is 6.75. The summed E-state index contributed by atoms with van der Waals surface area (Å²) in [6.07, 6.45) is -2.80.